The molecule has 1 atom stereocenters. The summed E-state index contributed by atoms with van der Waals surface area (Å²) in [5.74, 6) is -0.925. The highest BCUT2D eigenvalue weighted by molar-refractivity contribution is 9.10. The van der Waals surface area contributed by atoms with Crippen LogP contribution in [0.15, 0.2) is 70.7 Å². The van der Waals surface area contributed by atoms with Gasteiger partial charge in [-0.25, -0.2) is 0 Å². The number of rotatable bonds is 4. The number of halogens is 1. The molecule has 1 unspecified atom stereocenters. The number of nitrogens with zero attached hydrogens (tertiary/aromatic N) is 1. The molecule has 0 bridgehead atoms. The number of hydrogen-bond donors (Lipinski definition) is 1. The van der Waals surface area contributed by atoms with Gasteiger partial charge in [0.15, 0.2) is 0 Å². The first kappa shape index (κ1) is 22.8. The molecule has 168 valence electrons. The smallest absolute Gasteiger partial charge is 0.300 e. The van der Waals surface area contributed by atoms with Crippen LogP contribution >= 0.6 is 15.9 Å². The molecule has 0 aliphatic carbocycles. The minimum Gasteiger partial charge on any atom is -0.507 e. The van der Waals surface area contributed by atoms with Crippen LogP contribution in [-0.2, 0) is 9.59 Å². The second-order valence-electron chi connectivity index (χ2n) is 8.25. The predicted octanol–water partition coefficient (Wildman–Crippen LogP) is 6.01. The van der Waals surface area contributed by atoms with Crippen molar-refractivity contribution >= 4 is 39.1 Å². The monoisotopic (exact) mass is 505 g/mol. The van der Waals surface area contributed by atoms with E-state index in [2.05, 4.69) is 15.9 Å². The van der Waals surface area contributed by atoms with Crippen LogP contribution in [0.1, 0.15) is 33.9 Å². The van der Waals surface area contributed by atoms with Gasteiger partial charge >= 0.3 is 0 Å². The number of aliphatic hydroxyl groups is 1. The highest BCUT2D eigenvalue weighted by Gasteiger charge is 2.47. The van der Waals surface area contributed by atoms with Gasteiger partial charge in [0.05, 0.1) is 18.7 Å². The minimum atomic E-state index is -0.777. The fourth-order valence-electron chi connectivity index (χ4n) is 4.24. The number of ether oxygens (including phenoxy) is 1. The van der Waals surface area contributed by atoms with Crippen molar-refractivity contribution in [3.63, 3.8) is 0 Å². The van der Waals surface area contributed by atoms with E-state index >= 15 is 0 Å². The van der Waals surface area contributed by atoms with E-state index < -0.39 is 17.7 Å². The van der Waals surface area contributed by atoms with E-state index in [9.17, 15) is 14.7 Å². The lowest BCUT2D eigenvalue weighted by atomic mass is 9.94. The number of ketones is 1. The van der Waals surface area contributed by atoms with Crippen molar-refractivity contribution in [3.8, 4) is 5.75 Å². The number of anilines is 1. The van der Waals surface area contributed by atoms with Crippen LogP contribution in [0.5, 0.6) is 5.75 Å². The number of hydrogen-bond acceptors (Lipinski definition) is 4. The third kappa shape index (κ3) is 4.18. The molecular weight excluding hydrogens is 482 g/mol. The molecule has 1 fully saturated rings. The van der Waals surface area contributed by atoms with Gasteiger partial charge in [-0.05, 0) is 79.4 Å². The van der Waals surface area contributed by atoms with Gasteiger partial charge in [-0.15, -0.1) is 0 Å². The molecule has 3 aromatic carbocycles. The zero-order valence-electron chi connectivity index (χ0n) is 18.8. The Bertz CT molecular complexity index is 1270. The maximum atomic E-state index is 13.3. The van der Waals surface area contributed by atoms with Gasteiger partial charge in [-0.2, -0.15) is 0 Å². The van der Waals surface area contributed by atoms with Crippen LogP contribution in [0.3, 0.4) is 0 Å². The molecule has 1 aliphatic rings. The summed E-state index contributed by atoms with van der Waals surface area (Å²) in [4.78, 5) is 28.1. The number of amides is 1. The van der Waals surface area contributed by atoms with E-state index in [1.165, 1.54) is 4.90 Å². The van der Waals surface area contributed by atoms with Crippen molar-refractivity contribution in [3.05, 3.63) is 98.5 Å². The Morgan fingerprint density at radius 2 is 1.58 bits per heavy atom. The van der Waals surface area contributed by atoms with Crippen molar-refractivity contribution in [1.82, 2.24) is 0 Å². The van der Waals surface area contributed by atoms with Crippen LogP contribution < -0.4 is 9.64 Å². The van der Waals surface area contributed by atoms with Crippen molar-refractivity contribution in [2.45, 2.75) is 26.8 Å². The largest absolute Gasteiger partial charge is 0.507 e. The van der Waals surface area contributed by atoms with E-state index in [1.54, 1.807) is 31.4 Å². The van der Waals surface area contributed by atoms with Gasteiger partial charge in [0.1, 0.15) is 11.5 Å². The van der Waals surface area contributed by atoms with Gasteiger partial charge in [0.2, 0.25) is 0 Å². The number of methoxy groups -OCH3 is 1. The first-order chi connectivity index (χ1) is 15.7. The molecule has 3 aromatic rings. The Balaban J connectivity index is 1.96. The van der Waals surface area contributed by atoms with E-state index in [0.29, 0.717) is 22.6 Å². The number of benzene rings is 3. The number of aliphatic hydroxyl groups excluding tert-OH is 1. The average Bonchev–Trinajstić information content (AvgIpc) is 3.05. The normalized spacial score (nSPS) is 17.5. The number of carbonyl (C=O) groups is 2. The minimum absolute atomic E-state index is 0.0612. The summed E-state index contributed by atoms with van der Waals surface area (Å²) in [5.41, 5.74) is 4.71. The molecule has 5 nitrogen and oxygen atoms in total. The quantitative estimate of drug-likeness (QED) is 0.268. The molecular formula is C27H24BrNO4. The highest BCUT2D eigenvalue weighted by atomic mass is 79.9. The SMILES string of the molecule is COc1ccc(C2/C(=C(/O)c3ccc(Br)c(C)c3)C(=O)C(=O)N2c2cc(C)cc(C)c2)cc1. The maximum Gasteiger partial charge on any atom is 0.300 e. The average molecular weight is 506 g/mol. The van der Waals surface area contributed by atoms with Crippen LogP contribution in [0.2, 0.25) is 0 Å². The van der Waals surface area contributed by atoms with Crippen molar-refractivity contribution in [1.29, 1.82) is 0 Å². The summed E-state index contributed by atoms with van der Waals surface area (Å²) in [6, 6.07) is 17.5. The van der Waals surface area contributed by atoms with E-state index in [1.807, 2.05) is 57.2 Å². The molecule has 6 heteroatoms. The van der Waals surface area contributed by atoms with Crippen molar-refractivity contribution < 1.29 is 19.4 Å². The Labute approximate surface area is 201 Å². The third-order valence-corrected chi connectivity index (χ3v) is 6.68. The molecule has 0 spiro atoms. The second kappa shape index (κ2) is 8.87. The molecule has 33 heavy (non-hydrogen) atoms. The lowest BCUT2D eigenvalue weighted by Crippen LogP contribution is -2.29. The predicted molar refractivity (Wildman–Crippen MR) is 133 cm³/mol. The van der Waals surface area contributed by atoms with Crippen LogP contribution in [0, 0.1) is 20.8 Å². The van der Waals surface area contributed by atoms with E-state index in [0.717, 1.165) is 21.2 Å². The van der Waals surface area contributed by atoms with Crippen LogP contribution in [-0.4, -0.2) is 23.9 Å². The number of Topliss-reactive ketones (excluding diaryl/α,β-unsaturated/α-hetero) is 1. The zero-order chi connectivity index (χ0) is 23.9. The van der Waals surface area contributed by atoms with Crippen molar-refractivity contribution in [2.24, 2.45) is 0 Å². The van der Waals surface area contributed by atoms with Crippen LogP contribution in [0.25, 0.3) is 5.76 Å². The molecule has 1 saturated heterocycles. The second-order valence-corrected chi connectivity index (χ2v) is 9.11. The molecule has 0 aromatic heterocycles. The Hall–Kier alpha value is -3.38. The van der Waals surface area contributed by atoms with E-state index in [4.69, 9.17) is 4.74 Å². The Kier molecular flexibility index (Phi) is 6.13. The lowest BCUT2D eigenvalue weighted by Gasteiger charge is -2.26. The third-order valence-electron chi connectivity index (χ3n) is 5.79. The van der Waals surface area contributed by atoms with Gasteiger partial charge < -0.3 is 9.84 Å². The number of aryl methyl sites for hydroxylation is 3. The first-order valence-corrected chi connectivity index (χ1v) is 11.3. The Morgan fingerprint density at radius 3 is 2.15 bits per heavy atom. The molecule has 1 aliphatic heterocycles. The molecule has 1 amide bonds. The van der Waals surface area contributed by atoms with Gasteiger partial charge in [-0.3, -0.25) is 14.5 Å². The summed E-state index contributed by atoms with van der Waals surface area (Å²) < 4.78 is 6.16. The molecule has 0 saturated carbocycles. The molecule has 4 rings (SSSR count). The highest BCUT2D eigenvalue weighted by Crippen LogP contribution is 2.43. The first-order valence-electron chi connectivity index (χ1n) is 10.5. The lowest BCUT2D eigenvalue weighted by molar-refractivity contribution is -0.132. The molecule has 1 N–H and O–H groups in total. The van der Waals surface area contributed by atoms with Crippen LogP contribution in [0.4, 0.5) is 5.69 Å². The topological polar surface area (TPSA) is 66.8 Å². The number of carbonyl (C=O) groups excluding carboxylic acids is 2. The summed E-state index contributed by atoms with van der Waals surface area (Å²) in [6.45, 7) is 5.79. The summed E-state index contributed by atoms with van der Waals surface area (Å²) in [7, 11) is 1.58. The fraction of sp³-hybridized carbons (Fsp3) is 0.185. The molecule has 0 radical (unpaired) electrons. The Morgan fingerprint density at radius 1 is 0.939 bits per heavy atom. The van der Waals surface area contributed by atoms with Gasteiger partial charge in [-0.1, -0.05) is 40.2 Å². The van der Waals surface area contributed by atoms with E-state index in [-0.39, 0.29) is 11.3 Å². The summed E-state index contributed by atoms with van der Waals surface area (Å²) in [6.07, 6.45) is 0. The maximum absolute atomic E-state index is 13.3. The fourth-order valence-corrected chi connectivity index (χ4v) is 4.48. The standard InChI is InChI=1S/C27H24BrNO4/c1-15-11-16(2)13-20(12-15)29-24(18-5-8-21(33-4)9-6-18)23(26(31)27(29)32)25(30)19-7-10-22(28)17(3)14-19/h5-14,24,30H,1-4H3/b25-23-. The molecule has 1 heterocycles. The zero-order valence-corrected chi connectivity index (χ0v) is 20.4. The summed E-state index contributed by atoms with van der Waals surface area (Å²) in [5, 5.41) is 11.3. The summed E-state index contributed by atoms with van der Waals surface area (Å²) >= 11 is 3.46. The van der Waals surface area contributed by atoms with Gasteiger partial charge in [0, 0.05) is 15.7 Å². The van der Waals surface area contributed by atoms with Crippen molar-refractivity contribution in [2.75, 3.05) is 12.0 Å². The van der Waals surface area contributed by atoms with Gasteiger partial charge in [0.25, 0.3) is 11.7 Å².